The highest BCUT2D eigenvalue weighted by Gasteiger charge is 2.19. The van der Waals surface area contributed by atoms with Crippen molar-refractivity contribution in [1.29, 1.82) is 5.41 Å². The van der Waals surface area contributed by atoms with Crippen molar-refractivity contribution in [3.63, 3.8) is 0 Å². The number of amides is 1. The Kier molecular flexibility index (Phi) is 4.80. The number of amidine groups is 1. The van der Waals surface area contributed by atoms with Crippen molar-refractivity contribution in [3.8, 4) is 0 Å². The van der Waals surface area contributed by atoms with E-state index in [1.54, 1.807) is 6.07 Å². The second-order valence-corrected chi connectivity index (χ2v) is 7.10. The van der Waals surface area contributed by atoms with E-state index >= 15 is 0 Å². The summed E-state index contributed by atoms with van der Waals surface area (Å²) in [6.45, 7) is 0. The first-order chi connectivity index (χ1) is 13.2. The Balaban J connectivity index is 1.47. The molecule has 5 nitrogen and oxygen atoms in total. The molecule has 4 rings (SSSR count). The quantitative estimate of drug-likeness (QED) is 0.372. The fourth-order valence-electron chi connectivity index (χ4n) is 2.85. The van der Waals surface area contributed by atoms with Crippen LogP contribution in [0.2, 0.25) is 0 Å². The molecule has 0 aromatic heterocycles. The highest BCUT2D eigenvalue weighted by molar-refractivity contribution is 8.13. The van der Waals surface area contributed by atoms with Crippen molar-refractivity contribution >= 4 is 45.6 Å². The Morgan fingerprint density at radius 3 is 2.37 bits per heavy atom. The lowest BCUT2D eigenvalue weighted by molar-refractivity contribution is 0.102. The van der Waals surface area contributed by atoms with Crippen LogP contribution in [0.5, 0.6) is 0 Å². The molecular weight excluding hydrogens is 356 g/mol. The summed E-state index contributed by atoms with van der Waals surface area (Å²) in [5, 5.41) is 17.8. The summed E-state index contributed by atoms with van der Waals surface area (Å²) < 4.78 is 0. The van der Waals surface area contributed by atoms with Gasteiger partial charge in [-0.1, -0.05) is 54.2 Å². The van der Waals surface area contributed by atoms with Crippen LogP contribution < -0.4 is 16.0 Å². The van der Waals surface area contributed by atoms with E-state index in [1.165, 1.54) is 11.8 Å². The highest BCUT2D eigenvalue weighted by Crippen LogP contribution is 2.33. The molecule has 0 saturated carbocycles. The maximum atomic E-state index is 12.6. The minimum absolute atomic E-state index is 0.172. The van der Waals surface area contributed by atoms with Gasteiger partial charge in [-0.2, -0.15) is 0 Å². The van der Waals surface area contributed by atoms with Crippen LogP contribution in [0.1, 0.15) is 15.9 Å². The Morgan fingerprint density at radius 1 is 0.889 bits per heavy atom. The van der Waals surface area contributed by atoms with Gasteiger partial charge < -0.3 is 16.0 Å². The van der Waals surface area contributed by atoms with E-state index in [1.807, 2.05) is 66.7 Å². The van der Waals surface area contributed by atoms with Crippen LogP contribution in [0.3, 0.4) is 0 Å². The summed E-state index contributed by atoms with van der Waals surface area (Å²) in [5.74, 6) is 0.546. The minimum atomic E-state index is -0.172. The fourth-order valence-corrected chi connectivity index (χ4v) is 3.55. The number of hydrogen-bond acceptors (Lipinski definition) is 4. The van der Waals surface area contributed by atoms with Gasteiger partial charge in [0.25, 0.3) is 5.91 Å². The van der Waals surface area contributed by atoms with Crippen molar-refractivity contribution in [2.45, 2.75) is 5.75 Å². The summed E-state index contributed by atoms with van der Waals surface area (Å²) in [7, 11) is 0. The van der Waals surface area contributed by atoms with Gasteiger partial charge in [0.15, 0.2) is 5.17 Å². The van der Waals surface area contributed by atoms with Crippen LogP contribution in [0.15, 0.2) is 72.8 Å². The van der Waals surface area contributed by atoms with Crippen LogP contribution >= 0.6 is 11.8 Å². The van der Waals surface area contributed by atoms with E-state index in [0.717, 1.165) is 28.4 Å². The van der Waals surface area contributed by atoms with Gasteiger partial charge >= 0.3 is 0 Å². The van der Waals surface area contributed by atoms with E-state index in [-0.39, 0.29) is 5.91 Å². The molecular formula is C21H18N4OS. The molecule has 0 bridgehead atoms. The molecule has 0 saturated heterocycles. The summed E-state index contributed by atoms with van der Waals surface area (Å²) in [4.78, 5) is 12.6. The number of nitrogens with one attached hydrogen (secondary N) is 4. The Hall–Kier alpha value is -3.25. The van der Waals surface area contributed by atoms with Crippen molar-refractivity contribution in [2.24, 2.45) is 0 Å². The van der Waals surface area contributed by atoms with Crippen molar-refractivity contribution in [2.75, 3.05) is 16.0 Å². The Morgan fingerprint density at radius 2 is 1.59 bits per heavy atom. The first kappa shape index (κ1) is 17.2. The van der Waals surface area contributed by atoms with Crippen LogP contribution in [0.25, 0.3) is 0 Å². The zero-order valence-corrected chi connectivity index (χ0v) is 15.3. The van der Waals surface area contributed by atoms with Gasteiger partial charge in [0, 0.05) is 11.4 Å². The summed E-state index contributed by atoms with van der Waals surface area (Å²) in [5.41, 5.74) is 4.76. The zero-order chi connectivity index (χ0) is 18.6. The number of hydrogen-bond donors (Lipinski definition) is 4. The average molecular weight is 374 g/mol. The van der Waals surface area contributed by atoms with Crippen LogP contribution in [-0.4, -0.2) is 11.1 Å². The predicted molar refractivity (Wildman–Crippen MR) is 113 cm³/mol. The van der Waals surface area contributed by atoms with E-state index < -0.39 is 0 Å². The number of para-hydroxylation sites is 2. The number of benzene rings is 3. The molecule has 0 spiro atoms. The molecule has 0 aliphatic carbocycles. The van der Waals surface area contributed by atoms with E-state index in [0.29, 0.717) is 16.4 Å². The minimum Gasteiger partial charge on any atom is -0.353 e. The second kappa shape index (κ2) is 7.55. The monoisotopic (exact) mass is 374 g/mol. The third kappa shape index (κ3) is 3.96. The fraction of sp³-hybridized carbons (Fsp3) is 0.0476. The van der Waals surface area contributed by atoms with Crippen LogP contribution in [-0.2, 0) is 5.75 Å². The van der Waals surface area contributed by atoms with Crippen LogP contribution in [0.4, 0.5) is 22.7 Å². The predicted octanol–water partition coefficient (Wildman–Crippen LogP) is 5.28. The summed E-state index contributed by atoms with van der Waals surface area (Å²) in [6.07, 6.45) is 0. The van der Waals surface area contributed by atoms with Gasteiger partial charge in [0.05, 0.1) is 22.6 Å². The zero-order valence-electron chi connectivity index (χ0n) is 14.5. The van der Waals surface area contributed by atoms with E-state index in [4.69, 9.17) is 5.41 Å². The lowest BCUT2D eigenvalue weighted by Gasteiger charge is -2.11. The van der Waals surface area contributed by atoms with Gasteiger partial charge in [-0.25, -0.2) is 0 Å². The van der Waals surface area contributed by atoms with Crippen LogP contribution in [0, 0.1) is 5.41 Å². The van der Waals surface area contributed by atoms with Gasteiger partial charge in [0.1, 0.15) is 0 Å². The van der Waals surface area contributed by atoms with E-state index in [9.17, 15) is 4.79 Å². The molecule has 3 aromatic carbocycles. The standard InChI is InChI=1S/C21H18N4OS/c22-21(27-13-14-6-2-1-3-7-14)23-15-10-11-17-16(12-15)20(26)25-19-9-5-4-8-18(19)24-17/h1-12,24H,13H2,(H2,22,23)(H,25,26). The van der Waals surface area contributed by atoms with Crippen molar-refractivity contribution in [1.82, 2.24) is 0 Å². The molecule has 0 radical (unpaired) electrons. The third-order valence-corrected chi connectivity index (χ3v) is 5.06. The van der Waals surface area contributed by atoms with Crippen molar-refractivity contribution < 1.29 is 4.79 Å². The SMILES string of the molecule is N=C(Nc1ccc2c(c1)C(=O)Nc1ccccc1N2)SCc1ccccc1. The molecule has 27 heavy (non-hydrogen) atoms. The average Bonchev–Trinajstić information content (AvgIpc) is 2.83. The lowest BCUT2D eigenvalue weighted by Crippen LogP contribution is -2.12. The summed E-state index contributed by atoms with van der Waals surface area (Å²) >= 11 is 1.41. The topological polar surface area (TPSA) is 77.0 Å². The highest BCUT2D eigenvalue weighted by atomic mass is 32.2. The molecule has 1 heterocycles. The number of fused-ring (bicyclic) bond motifs is 2. The largest absolute Gasteiger partial charge is 0.353 e. The Bertz CT molecular complexity index is 1000. The van der Waals surface area contributed by atoms with Crippen molar-refractivity contribution in [3.05, 3.63) is 83.9 Å². The number of carbonyl (C=O) groups excluding carboxylic acids is 1. The van der Waals surface area contributed by atoms with Gasteiger partial charge in [0.2, 0.25) is 0 Å². The van der Waals surface area contributed by atoms with E-state index in [2.05, 4.69) is 16.0 Å². The lowest BCUT2D eigenvalue weighted by atomic mass is 10.1. The normalized spacial score (nSPS) is 12.1. The summed E-state index contributed by atoms with van der Waals surface area (Å²) in [6, 6.07) is 23.1. The van der Waals surface area contributed by atoms with Gasteiger partial charge in [-0.3, -0.25) is 10.2 Å². The number of carbonyl (C=O) groups is 1. The molecule has 0 atom stereocenters. The smallest absolute Gasteiger partial charge is 0.257 e. The number of thioether (sulfide) groups is 1. The molecule has 3 aromatic rings. The first-order valence-electron chi connectivity index (χ1n) is 8.53. The molecule has 134 valence electrons. The molecule has 6 heteroatoms. The number of anilines is 4. The number of rotatable bonds is 3. The molecule has 0 unspecified atom stereocenters. The second-order valence-electron chi connectivity index (χ2n) is 6.11. The van der Waals surface area contributed by atoms with Gasteiger partial charge in [-0.15, -0.1) is 0 Å². The van der Waals surface area contributed by atoms with Gasteiger partial charge in [-0.05, 0) is 35.9 Å². The molecule has 1 amide bonds. The maximum Gasteiger partial charge on any atom is 0.257 e. The molecule has 4 N–H and O–H groups in total. The molecule has 1 aliphatic heterocycles. The Labute approximate surface area is 161 Å². The molecule has 0 fully saturated rings. The third-order valence-electron chi connectivity index (χ3n) is 4.19. The first-order valence-corrected chi connectivity index (χ1v) is 9.51. The maximum absolute atomic E-state index is 12.6. The molecule has 1 aliphatic rings.